The van der Waals surface area contributed by atoms with Crippen LogP contribution in [-0.4, -0.2) is 30.3 Å². The van der Waals surface area contributed by atoms with Crippen molar-refractivity contribution in [3.8, 4) is 0 Å². The average molecular weight is 278 g/mol. The second-order valence-corrected chi connectivity index (χ2v) is 5.52. The number of nitrogen functional groups attached to an aromatic ring is 1. The molecule has 0 amide bonds. The van der Waals surface area contributed by atoms with Gasteiger partial charge in [-0.2, -0.15) is 0 Å². The van der Waals surface area contributed by atoms with E-state index in [-0.39, 0.29) is 12.1 Å². The van der Waals surface area contributed by atoms with E-state index in [9.17, 15) is 9.90 Å². The third-order valence-electron chi connectivity index (χ3n) is 4.06. The number of nitrogens with one attached hydrogen (secondary N) is 1. The highest BCUT2D eigenvalue weighted by Crippen LogP contribution is 2.34. The molecule has 1 aliphatic carbocycles. The van der Waals surface area contributed by atoms with Crippen LogP contribution >= 0.6 is 0 Å². The summed E-state index contributed by atoms with van der Waals surface area (Å²) in [6, 6.07) is 3.60. The predicted molar refractivity (Wildman–Crippen MR) is 78.8 cm³/mol. The summed E-state index contributed by atoms with van der Waals surface area (Å²) in [5, 5.41) is 13.0. The number of ether oxygens (including phenoxy) is 1. The van der Waals surface area contributed by atoms with Gasteiger partial charge in [-0.1, -0.05) is 12.8 Å². The maximum absolute atomic E-state index is 11.7. The number of aryl methyl sites for hydroxylation is 1. The van der Waals surface area contributed by atoms with Gasteiger partial charge in [-0.25, -0.2) is 4.79 Å². The molecule has 2 rings (SSSR count). The zero-order valence-corrected chi connectivity index (χ0v) is 12.0. The Labute approximate surface area is 119 Å². The van der Waals surface area contributed by atoms with Crippen molar-refractivity contribution in [3.05, 3.63) is 23.3 Å². The molecular formula is C15H22N2O3. The van der Waals surface area contributed by atoms with Gasteiger partial charge in [-0.15, -0.1) is 0 Å². The van der Waals surface area contributed by atoms with Crippen LogP contribution in [0.15, 0.2) is 12.1 Å². The van der Waals surface area contributed by atoms with E-state index in [0.29, 0.717) is 11.3 Å². The molecule has 5 nitrogen and oxygen atoms in total. The highest BCUT2D eigenvalue weighted by atomic mass is 16.5. The smallest absolute Gasteiger partial charge is 0.340 e. The van der Waals surface area contributed by atoms with Crippen LogP contribution in [0.5, 0.6) is 0 Å². The van der Waals surface area contributed by atoms with Crippen molar-refractivity contribution in [2.75, 3.05) is 24.8 Å². The van der Waals surface area contributed by atoms with Gasteiger partial charge in [0.05, 0.1) is 24.8 Å². The predicted octanol–water partition coefficient (Wildman–Crippen LogP) is 2.08. The summed E-state index contributed by atoms with van der Waals surface area (Å²) in [6.45, 7) is 1.94. The van der Waals surface area contributed by atoms with Crippen molar-refractivity contribution in [2.45, 2.75) is 38.1 Å². The van der Waals surface area contributed by atoms with E-state index in [1.165, 1.54) is 7.11 Å². The van der Waals surface area contributed by atoms with Crippen molar-refractivity contribution >= 4 is 17.3 Å². The molecule has 1 fully saturated rings. The van der Waals surface area contributed by atoms with Crippen molar-refractivity contribution in [2.24, 2.45) is 0 Å². The zero-order valence-electron chi connectivity index (χ0n) is 12.0. The number of rotatable bonds is 4. The number of carbonyl (C=O) groups excluding carboxylic acids is 1. The first-order chi connectivity index (χ1) is 9.51. The molecule has 110 valence electrons. The monoisotopic (exact) mass is 278 g/mol. The molecule has 4 N–H and O–H groups in total. The Hall–Kier alpha value is -1.75. The van der Waals surface area contributed by atoms with E-state index in [0.717, 1.165) is 36.9 Å². The van der Waals surface area contributed by atoms with E-state index in [1.54, 1.807) is 6.07 Å². The first kappa shape index (κ1) is 14.7. The van der Waals surface area contributed by atoms with E-state index in [1.807, 2.05) is 13.0 Å². The van der Waals surface area contributed by atoms with Crippen molar-refractivity contribution in [1.29, 1.82) is 0 Å². The topological polar surface area (TPSA) is 84.6 Å². The summed E-state index contributed by atoms with van der Waals surface area (Å²) in [7, 11) is 1.34. The first-order valence-corrected chi connectivity index (χ1v) is 6.89. The highest BCUT2D eigenvalue weighted by Gasteiger charge is 2.33. The van der Waals surface area contributed by atoms with Gasteiger partial charge < -0.3 is 20.9 Å². The molecule has 0 spiro atoms. The van der Waals surface area contributed by atoms with Crippen LogP contribution < -0.4 is 11.1 Å². The molecule has 0 radical (unpaired) electrons. The van der Waals surface area contributed by atoms with Gasteiger partial charge >= 0.3 is 5.97 Å². The van der Waals surface area contributed by atoms with Crippen LogP contribution in [0.25, 0.3) is 0 Å². The van der Waals surface area contributed by atoms with Crippen LogP contribution in [0.4, 0.5) is 11.4 Å². The Morgan fingerprint density at radius 1 is 1.45 bits per heavy atom. The fourth-order valence-electron chi connectivity index (χ4n) is 2.83. The summed E-state index contributed by atoms with van der Waals surface area (Å²) >= 11 is 0. The Bertz CT molecular complexity index is 508. The number of methoxy groups -OCH3 is 1. The second-order valence-electron chi connectivity index (χ2n) is 5.52. The Kier molecular flexibility index (Phi) is 4.18. The molecule has 1 aromatic carbocycles. The first-order valence-electron chi connectivity index (χ1n) is 6.89. The average Bonchev–Trinajstić information content (AvgIpc) is 2.91. The minimum atomic E-state index is -0.446. The highest BCUT2D eigenvalue weighted by molar-refractivity contribution is 5.97. The van der Waals surface area contributed by atoms with Crippen LogP contribution in [0, 0.1) is 6.92 Å². The number of hydrogen-bond acceptors (Lipinski definition) is 5. The molecule has 0 unspecified atom stereocenters. The SMILES string of the molecule is COC(=O)c1cc(NC2(CO)CCCC2)cc(C)c1N. The Balaban J connectivity index is 2.33. The fraction of sp³-hybridized carbons (Fsp3) is 0.533. The van der Waals surface area contributed by atoms with Gasteiger partial charge in [0.15, 0.2) is 0 Å². The molecule has 1 saturated carbocycles. The molecule has 1 aromatic rings. The lowest BCUT2D eigenvalue weighted by Crippen LogP contribution is -2.39. The van der Waals surface area contributed by atoms with Crippen LogP contribution in [0.1, 0.15) is 41.6 Å². The van der Waals surface area contributed by atoms with E-state index >= 15 is 0 Å². The van der Waals surface area contributed by atoms with E-state index in [4.69, 9.17) is 10.5 Å². The zero-order chi connectivity index (χ0) is 14.8. The summed E-state index contributed by atoms with van der Waals surface area (Å²) in [6.07, 6.45) is 4.07. The molecule has 5 heteroatoms. The minimum absolute atomic E-state index is 0.0873. The lowest BCUT2D eigenvalue weighted by molar-refractivity contribution is 0.0602. The molecule has 0 atom stereocenters. The van der Waals surface area contributed by atoms with Crippen molar-refractivity contribution in [1.82, 2.24) is 0 Å². The summed E-state index contributed by atoms with van der Waals surface area (Å²) in [4.78, 5) is 11.7. The van der Waals surface area contributed by atoms with Crippen molar-refractivity contribution in [3.63, 3.8) is 0 Å². The maximum atomic E-state index is 11.7. The summed E-state index contributed by atoms with van der Waals surface area (Å²) in [5.41, 5.74) is 8.06. The Morgan fingerprint density at radius 2 is 2.10 bits per heavy atom. The van der Waals surface area contributed by atoms with Gasteiger partial charge in [0.25, 0.3) is 0 Å². The third kappa shape index (κ3) is 2.72. The lowest BCUT2D eigenvalue weighted by Gasteiger charge is -2.29. The number of carbonyl (C=O) groups is 1. The van der Waals surface area contributed by atoms with Gasteiger partial charge in [0.2, 0.25) is 0 Å². The number of hydrogen-bond donors (Lipinski definition) is 3. The Morgan fingerprint density at radius 3 is 2.65 bits per heavy atom. The number of nitrogens with two attached hydrogens (primary N) is 1. The standard InChI is InChI=1S/C15H22N2O3/c1-10-7-11(8-12(13(10)16)14(19)20-2)17-15(9-18)5-3-4-6-15/h7-8,17-18H,3-6,9,16H2,1-2H3. The van der Waals surface area contributed by atoms with Gasteiger partial charge in [0.1, 0.15) is 0 Å². The molecule has 20 heavy (non-hydrogen) atoms. The molecule has 0 bridgehead atoms. The third-order valence-corrected chi connectivity index (χ3v) is 4.06. The quantitative estimate of drug-likeness (QED) is 0.580. The normalized spacial score (nSPS) is 16.9. The molecule has 0 saturated heterocycles. The second kappa shape index (κ2) is 5.71. The van der Waals surface area contributed by atoms with E-state index < -0.39 is 5.97 Å². The molecular weight excluding hydrogens is 256 g/mol. The van der Waals surface area contributed by atoms with Crippen molar-refractivity contribution < 1.29 is 14.6 Å². The molecule has 0 aliphatic heterocycles. The number of aliphatic hydroxyl groups excluding tert-OH is 1. The lowest BCUT2D eigenvalue weighted by atomic mass is 9.97. The van der Waals surface area contributed by atoms with Crippen LogP contribution in [-0.2, 0) is 4.74 Å². The number of anilines is 2. The largest absolute Gasteiger partial charge is 0.465 e. The maximum Gasteiger partial charge on any atom is 0.340 e. The molecule has 0 heterocycles. The van der Waals surface area contributed by atoms with Gasteiger partial charge in [0, 0.05) is 11.4 Å². The van der Waals surface area contributed by atoms with E-state index in [2.05, 4.69) is 5.32 Å². The summed E-state index contributed by atoms with van der Waals surface area (Å²) < 4.78 is 4.75. The molecule has 1 aliphatic rings. The van der Waals surface area contributed by atoms with Gasteiger partial charge in [-0.05, 0) is 37.5 Å². The number of aliphatic hydroxyl groups is 1. The molecule has 0 aromatic heterocycles. The minimum Gasteiger partial charge on any atom is -0.465 e. The number of benzene rings is 1. The fourth-order valence-corrected chi connectivity index (χ4v) is 2.83. The summed E-state index contributed by atoms with van der Waals surface area (Å²) in [5.74, 6) is -0.446. The van der Waals surface area contributed by atoms with Crippen LogP contribution in [0.2, 0.25) is 0 Å². The van der Waals surface area contributed by atoms with Gasteiger partial charge in [-0.3, -0.25) is 0 Å². The number of esters is 1. The van der Waals surface area contributed by atoms with Crippen LogP contribution in [0.3, 0.4) is 0 Å².